The van der Waals surface area contributed by atoms with E-state index in [-0.39, 0.29) is 11.8 Å². The highest BCUT2D eigenvalue weighted by Gasteiger charge is 2.32. The van der Waals surface area contributed by atoms with Crippen LogP contribution in [-0.4, -0.2) is 88.7 Å². The highest BCUT2D eigenvalue weighted by molar-refractivity contribution is 7.14. The van der Waals surface area contributed by atoms with Gasteiger partial charge in [-0.05, 0) is 47.2 Å². The molecule has 56 heavy (non-hydrogen) atoms. The summed E-state index contributed by atoms with van der Waals surface area (Å²) >= 11 is 1.35. The van der Waals surface area contributed by atoms with Crippen LogP contribution < -0.4 is 15.4 Å². The number of hydrogen-bond donors (Lipinski definition) is 3. The van der Waals surface area contributed by atoms with Crippen molar-refractivity contribution in [1.82, 2.24) is 25.5 Å². The topological polar surface area (TPSA) is 160 Å². The van der Waals surface area contributed by atoms with Crippen LogP contribution in [0, 0.1) is 0 Å². The first-order valence-corrected chi connectivity index (χ1v) is 20.2. The lowest BCUT2D eigenvalue weighted by atomic mass is 9.95. The number of carbonyl (C=O) groups is 4. The number of carboxylic acid groups (broad SMARTS) is 1. The van der Waals surface area contributed by atoms with Crippen LogP contribution in [0.3, 0.4) is 0 Å². The molecule has 0 spiro atoms. The van der Waals surface area contributed by atoms with Crippen LogP contribution in [0.4, 0.5) is 0 Å². The molecule has 3 N–H and O–H groups in total. The first-order chi connectivity index (χ1) is 26.9. The average molecular weight is 784 g/mol. The van der Waals surface area contributed by atoms with Crippen molar-refractivity contribution in [3.8, 4) is 28.3 Å². The van der Waals surface area contributed by atoms with Crippen LogP contribution in [0.2, 0.25) is 0 Å². The van der Waals surface area contributed by atoms with Crippen molar-refractivity contribution in [3.05, 3.63) is 88.4 Å². The van der Waals surface area contributed by atoms with Crippen LogP contribution in [0.5, 0.6) is 5.75 Å². The van der Waals surface area contributed by atoms with Crippen molar-refractivity contribution in [2.45, 2.75) is 90.1 Å². The molecule has 1 fully saturated rings. The van der Waals surface area contributed by atoms with Crippen molar-refractivity contribution >= 4 is 35.0 Å². The summed E-state index contributed by atoms with van der Waals surface area (Å²) in [7, 11) is 0. The van der Waals surface area contributed by atoms with Gasteiger partial charge in [0, 0.05) is 47.9 Å². The number of carbonyl (C=O) groups excluding carboxylic acids is 3. The Balaban J connectivity index is 1.27. The second kappa shape index (κ2) is 20.1. The number of aliphatic carboxylic acids is 1. The zero-order valence-electron chi connectivity index (χ0n) is 32.7. The van der Waals surface area contributed by atoms with E-state index in [1.807, 2.05) is 54.6 Å². The molecule has 12 nitrogen and oxygen atoms in total. The molecule has 3 heterocycles. The molecule has 0 bridgehead atoms. The quantitative estimate of drug-likeness (QED) is 0.0936. The highest BCUT2D eigenvalue weighted by Crippen LogP contribution is 2.30. The number of rotatable bonds is 18. The Labute approximate surface area is 333 Å². The van der Waals surface area contributed by atoms with Gasteiger partial charge in [0.2, 0.25) is 11.8 Å². The maximum absolute atomic E-state index is 13.9. The summed E-state index contributed by atoms with van der Waals surface area (Å²) in [6.07, 6.45) is 8.98. The molecule has 298 valence electrons. The maximum Gasteiger partial charge on any atom is 0.305 e. The molecule has 0 aliphatic carbocycles. The predicted molar refractivity (Wildman–Crippen MR) is 217 cm³/mol. The van der Waals surface area contributed by atoms with Crippen molar-refractivity contribution in [2.24, 2.45) is 0 Å². The molecule has 2 unspecified atom stereocenters. The van der Waals surface area contributed by atoms with E-state index >= 15 is 0 Å². The van der Waals surface area contributed by atoms with E-state index in [9.17, 15) is 24.3 Å². The van der Waals surface area contributed by atoms with Gasteiger partial charge in [-0.1, -0.05) is 89.8 Å². The maximum atomic E-state index is 13.9. The van der Waals surface area contributed by atoms with E-state index in [0.29, 0.717) is 43.6 Å². The number of nitrogens with one attached hydrogen (secondary N) is 2. The lowest BCUT2D eigenvalue weighted by Crippen LogP contribution is -2.56. The molecule has 5 rings (SSSR count). The number of morpholine rings is 1. The standard InChI is InChI=1S/C43H53N5O7S/c1-5-6-7-8-9-22-55-33-16-14-30(15-17-33)32-27-44-39(45-28-32)31-12-10-29(11-13-31)25-34(46-41(52)36-18-19-37(56-36)43(2,3)4)40(51)47-35(26-38(49)50)42(53)48-20-23-54-24-21-48/h10-19,27-28,34-35H,5-9,20-26H2,1-4H3,(H,46,52)(H,47,51)(H,49,50). The number of aromatic nitrogens is 2. The fourth-order valence-electron chi connectivity index (χ4n) is 6.24. The van der Waals surface area contributed by atoms with Gasteiger partial charge < -0.3 is 30.1 Å². The molecule has 2 aromatic heterocycles. The molecule has 2 aromatic carbocycles. The summed E-state index contributed by atoms with van der Waals surface area (Å²) in [5, 5.41) is 15.1. The third-order valence-electron chi connectivity index (χ3n) is 9.51. The molecular formula is C43H53N5O7S. The number of benzene rings is 2. The normalized spacial score (nSPS) is 14.1. The summed E-state index contributed by atoms with van der Waals surface area (Å²) in [5.41, 5.74) is 3.17. The molecular weight excluding hydrogens is 731 g/mol. The minimum atomic E-state index is -1.31. The van der Waals surface area contributed by atoms with Crippen molar-refractivity contribution < 1.29 is 33.8 Å². The average Bonchev–Trinajstić information content (AvgIpc) is 3.71. The van der Waals surface area contributed by atoms with E-state index in [4.69, 9.17) is 9.47 Å². The van der Waals surface area contributed by atoms with Crippen LogP contribution in [0.1, 0.15) is 86.3 Å². The zero-order valence-corrected chi connectivity index (χ0v) is 33.5. The van der Waals surface area contributed by atoms with Crippen LogP contribution in [0.15, 0.2) is 73.1 Å². The van der Waals surface area contributed by atoms with Gasteiger partial charge in [0.15, 0.2) is 5.82 Å². The summed E-state index contributed by atoms with van der Waals surface area (Å²) < 4.78 is 11.2. The number of unbranched alkanes of at least 4 members (excludes halogenated alkanes) is 4. The number of ether oxygens (including phenoxy) is 2. The Morgan fingerprint density at radius 1 is 0.839 bits per heavy atom. The van der Waals surface area contributed by atoms with Crippen LogP contribution >= 0.6 is 11.3 Å². The van der Waals surface area contributed by atoms with Crippen LogP contribution in [0.25, 0.3) is 22.5 Å². The third-order valence-corrected chi connectivity index (χ3v) is 11.0. The van der Waals surface area contributed by atoms with Gasteiger partial charge in [-0.25, -0.2) is 9.97 Å². The van der Waals surface area contributed by atoms with E-state index in [0.717, 1.165) is 39.3 Å². The SMILES string of the molecule is CCCCCCCOc1ccc(-c2cnc(-c3ccc(CC(NC(=O)c4ccc(C(C)(C)C)s4)C(=O)NC(CC(=O)O)C(=O)N4CCOCC4)cc3)nc2)cc1. The van der Waals surface area contributed by atoms with Gasteiger partial charge in [0.1, 0.15) is 17.8 Å². The van der Waals surface area contributed by atoms with Crippen LogP contribution in [-0.2, 0) is 31.0 Å². The van der Waals surface area contributed by atoms with E-state index in [1.54, 1.807) is 18.5 Å². The fourth-order valence-corrected chi connectivity index (χ4v) is 7.21. The lowest BCUT2D eigenvalue weighted by molar-refractivity contribution is -0.145. The van der Waals surface area contributed by atoms with E-state index < -0.39 is 42.2 Å². The highest BCUT2D eigenvalue weighted by atomic mass is 32.1. The van der Waals surface area contributed by atoms with E-state index in [2.05, 4.69) is 48.3 Å². The molecule has 2 atom stereocenters. The zero-order chi connectivity index (χ0) is 40.1. The molecule has 3 amide bonds. The summed E-state index contributed by atoms with van der Waals surface area (Å²) in [6.45, 7) is 10.3. The molecule has 1 aliphatic heterocycles. The monoisotopic (exact) mass is 783 g/mol. The third kappa shape index (κ3) is 12.2. The van der Waals surface area contributed by atoms with Gasteiger partial charge >= 0.3 is 5.97 Å². The number of thiophene rings is 1. The van der Waals surface area contributed by atoms with Gasteiger partial charge in [-0.15, -0.1) is 11.3 Å². The van der Waals surface area contributed by atoms with Crippen molar-refractivity contribution in [2.75, 3.05) is 32.9 Å². The molecule has 0 radical (unpaired) electrons. The molecule has 1 saturated heterocycles. The Morgan fingerprint density at radius 3 is 2.12 bits per heavy atom. The Kier molecular flexibility index (Phi) is 15.1. The van der Waals surface area contributed by atoms with Crippen molar-refractivity contribution in [3.63, 3.8) is 0 Å². The minimum Gasteiger partial charge on any atom is -0.494 e. The summed E-state index contributed by atoms with van der Waals surface area (Å²) in [5.74, 6) is -1.48. The Morgan fingerprint density at radius 2 is 1.50 bits per heavy atom. The van der Waals surface area contributed by atoms with Gasteiger partial charge in [-0.2, -0.15) is 0 Å². The second-order valence-corrected chi connectivity index (χ2v) is 16.1. The summed E-state index contributed by atoms with van der Waals surface area (Å²) in [6, 6.07) is 16.5. The number of hydrogen-bond acceptors (Lipinski definition) is 9. The van der Waals surface area contributed by atoms with Gasteiger partial charge in [-0.3, -0.25) is 19.2 Å². The fraction of sp³-hybridized carbons (Fsp3) is 0.442. The smallest absolute Gasteiger partial charge is 0.305 e. The molecule has 1 aliphatic rings. The number of carboxylic acids is 1. The van der Waals surface area contributed by atoms with Crippen molar-refractivity contribution in [1.29, 1.82) is 0 Å². The lowest BCUT2D eigenvalue weighted by Gasteiger charge is -2.31. The van der Waals surface area contributed by atoms with Gasteiger partial charge in [0.05, 0.1) is 31.1 Å². The van der Waals surface area contributed by atoms with E-state index in [1.165, 1.54) is 41.9 Å². The molecule has 0 saturated carbocycles. The largest absolute Gasteiger partial charge is 0.494 e. The first-order valence-electron chi connectivity index (χ1n) is 19.4. The Bertz CT molecular complexity index is 1900. The minimum absolute atomic E-state index is 0.0826. The first kappa shape index (κ1) is 42.0. The number of nitrogens with zero attached hydrogens (tertiary/aromatic N) is 3. The summed E-state index contributed by atoms with van der Waals surface area (Å²) in [4.78, 5) is 64.6. The molecule has 4 aromatic rings. The molecule has 13 heteroatoms. The predicted octanol–water partition coefficient (Wildman–Crippen LogP) is 6.68. The Hall–Kier alpha value is -5.14. The van der Waals surface area contributed by atoms with Gasteiger partial charge in [0.25, 0.3) is 5.91 Å². The second-order valence-electron chi connectivity index (χ2n) is 15.0. The number of amides is 3.